The minimum atomic E-state index is -0.0687. The van der Waals surface area contributed by atoms with Gasteiger partial charge in [0, 0.05) is 0 Å². The first-order chi connectivity index (χ1) is 23.6. The summed E-state index contributed by atoms with van der Waals surface area (Å²) in [4.78, 5) is 0. The van der Waals surface area contributed by atoms with E-state index in [2.05, 4.69) is 176 Å². The minimum Gasteiger partial charge on any atom is -0.0985 e. The molecular weight excluding hydrogens is 589 g/mol. The Hall–Kier alpha value is -5.20. The average Bonchev–Trinajstić information content (AvgIpc) is 3.10. The van der Waals surface area contributed by atoms with Gasteiger partial charge in [0.05, 0.1) is 0 Å². The van der Waals surface area contributed by atoms with Gasteiger partial charge in [-0.1, -0.05) is 162 Å². The quantitative estimate of drug-likeness (QED) is 0.126. The summed E-state index contributed by atoms with van der Waals surface area (Å²) in [5.74, 6) is 0.502. The highest BCUT2D eigenvalue weighted by molar-refractivity contribution is 6.19. The molecule has 0 aromatic heterocycles. The van der Waals surface area contributed by atoms with Crippen LogP contribution in [0, 0.1) is 19.8 Å². The van der Waals surface area contributed by atoms with Crippen molar-refractivity contribution in [1.82, 2.24) is 0 Å². The fraction of sp³-hybridized carbons (Fsp3) is 0.184. The van der Waals surface area contributed by atoms with Gasteiger partial charge in [0.2, 0.25) is 0 Å². The molecule has 0 heteroatoms. The summed E-state index contributed by atoms with van der Waals surface area (Å²) in [6, 6.07) is 37.8. The standard InChI is InChI=1S/C49H46/c1-9-32(3)43-39-25-13-15-27-41(39)47(42-28-16-14-26-40(42)43)38-24-18-23-37(30-38)44-33(4)45(35-20-11-10-12-21-35)48(49(6,7)8)46(34(44)5)36-22-17-19-31(2)29-36/h9-18,20-31H,1,3,19H2,2,4-8H3. The van der Waals surface area contributed by atoms with E-state index in [9.17, 15) is 0 Å². The molecule has 7 rings (SSSR count). The zero-order chi connectivity index (χ0) is 34.4. The Balaban J connectivity index is 1.57. The molecule has 0 saturated carbocycles. The lowest BCUT2D eigenvalue weighted by Crippen LogP contribution is -2.19. The molecule has 242 valence electrons. The number of rotatable bonds is 6. The van der Waals surface area contributed by atoms with Gasteiger partial charge in [-0.2, -0.15) is 0 Å². The van der Waals surface area contributed by atoms with E-state index in [1.54, 1.807) is 0 Å². The lowest BCUT2D eigenvalue weighted by Gasteiger charge is -2.33. The molecule has 0 fully saturated rings. The first kappa shape index (κ1) is 32.4. The van der Waals surface area contributed by atoms with Gasteiger partial charge in [0.25, 0.3) is 0 Å². The van der Waals surface area contributed by atoms with Gasteiger partial charge in [-0.05, 0) is 132 Å². The molecule has 0 amide bonds. The topological polar surface area (TPSA) is 0 Å². The van der Waals surface area contributed by atoms with Gasteiger partial charge >= 0.3 is 0 Å². The van der Waals surface area contributed by atoms with Gasteiger partial charge in [-0.25, -0.2) is 0 Å². The van der Waals surface area contributed by atoms with Crippen LogP contribution in [0.2, 0.25) is 0 Å². The van der Waals surface area contributed by atoms with Crippen molar-refractivity contribution in [2.45, 2.75) is 53.4 Å². The highest BCUT2D eigenvalue weighted by Crippen LogP contribution is 2.49. The molecule has 0 spiro atoms. The second-order valence-corrected chi connectivity index (χ2v) is 14.8. The van der Waals surface area contributed by atoms with Gasteiger partial charge in [0.1, 0.15) is 0 Å². The summed E-state index contributed by atoms with van der Waals surface area (Å²) >= 11 is 0. The van der Waals surface area contributed by atoms with E-state index >= 15 is 0 Å². The fourth-order valence-corrected chi connectivity index (χ4v) is 8.26. The summed E-state index contributed by atoms with van der Waals surface area (Å²) in [6.45, 7) is 22.6. The molecule has 0 radical (unpaired) electrons. The van der Waals surface area contributed by atoms with Crippen LogP contribution in [-0.4, -0.2) is 0 Å². The summed E-state index contributed by atoms with van der Waals surface area (Å²) in [5.41, 5.74) is 16.5. The van der Waals surface area contributed by atoms with E-state index in [0.29, 0.717) is 5.92 Å². The van der Waals surface area contributed by atoms with Crippen LogP contribution in [0.4, 0.5) is 0 Å². The third-order valence-electron chi connectivity index (χ3n) is 10.3. The maximum absolute atomic E-state index is 4.40. The fourth-order valence-electron chi connectivity index (χ4n) is 8.26. The molecule has 0 heterocycles. The Morgan fingerprint density at radius 2 is 1.18 bits per heavy atom. The lowest BCUT2D eigenvalue weighted by atomic mass is 9.71. The van der Waals surface area contributed by atoms with Crippen molar-refractivity contribution in [1.29, 1.82) is 0 Å². The Morgan fingerprint density at radius 3 is 1.76 bits per heavy atom. The molecule has 0 bridgehead atoms. The maximum atomic E-state index is 4.40. The monoisotopic (exact) mass is 634 g/mol. The third-order valence-corrected chi connectivity index (χ3v) is 10.3. The van der Waals surface area contributed by atoms with Crippen LogP contribution in [0.3, 0.4) is 0 Å². The molecule has 1 aliphatic carbocycles. The van der Waals surface area contributed by atoms with Crippen LogP contribution < -0.4 is 0 Å². The number of benzene rings is 6. The molecule has 1 unspecified atom stereocenters. The summed E-state index contributed by atoms with van der Waals surface area (Å²) < 4.78 is 0. The molecule has 0 saturated heterocycles. The van der Waals surface area contributed by atoms with Crippen LogP contribution in [0.25, 0.3) is 66.1 Å². The molecule has 6 aromatic carbocycles. The predicted molar refractivity (Wildman–Crippen MR) is 216 cm³/mol. The van der Waals surface area contributed by atoms with E-state index < -0.39 is 0 Å². The van der Waals surface area contributed by atoms with Crippen molar-refractivity contribution in [3.63, 3.8) is 0 Å². The molecule has 6 aromatic rings. The summed E-state index contributed by atoms with van der Waals surface area (Å²) in [7, 11) is 0. The van der Waals surface area contributed by atoms with Crippen LogP contribution in [0.1, 0.15) is 61.9 Å². The first-order valence-corrected chi connectivity index (χ1v) is 17.6. The van der Waals surface area contributed by atoms with Gasteiger partial charge in [-0.3, -0.25) is 0 Å². The zero-order valence-corrected chi connectivity index (χ0v) is 29.8. The third kappa shape index (κ3) is 5.60. The van der Waals surface area contributed by atoms with Crippen LogP contribution >= 0.6 is 0 Å². The van der Waals surface area contributed by atoms with Crippen molar-refractivity contribution in [2.75, 3.05) is 0 Å². The molecular formula is C49H46. The number of hydrogen-bond donors (Lipinski definition) is 0. The molecule has 0 nitrogen and oxygen atoms in total. The van der Waals surface area contributed by atoms with Crippen molar-refractivity contribution >= 4 is 32.7 Å². The molecule has 0 aliphatic heterocycles. The van der Waals surface area contributed by atoms with Gasteiger partial charge in [0.15, 0.2) is 0 Å². The number of hydrogen-bond acceptors (Lipinski definition) is 0. The van der Waals surface area contributed by atoms with Crippen LogP contribution in [-0.2, 0) is 5.41 Å². The van der Waals surface area contributed by atoms with Crippen LogP contribution in [0.15, 0.2) is 141 Å². The maximum Gasteiger partial charge on any atom is -0.00262 e. The lowest BCUT2D eigenvalue weighted by molar-refractivity contribution is 0.589. The van der Waals surface area contributed by atoms with Crippen LogP contribution in [0.5, 0.6) is 0 Å². The number of fused-ring (bicyclic) bond motifs is 2. The van der Waals surface area contributed by atoms with Crippen molar-refractivity contribution in [2.24, 2.45) is 5.92 Å². The molecule has 1 atom stereocenters. The Labute approximate surface area is 292 Å². The normalized spacial score (nSPS) is 14.7. The smallest absolute Gasteiger partial charge is 0.00262 e. The van der Waals surface area contributed by atoms with E-state index in [1.807, 2.05) is 6.08 Å². The summed E-state index contributed by atoms with van der Waals surface area (Å²) in [6.07, 6.45) is 10.2. The SMILES string of the molecule is C=CC(=C)c1c2ccccc2c(-c2cccc(-c3c(C)c(C4=CC(C)CC=C4)c(C(C)(C)C)c(-c4ccccc4)c3C)c2)c2ccccc12. The van der Waals surface area contributed by atoms with E-state index in [-0.39, 0.29) is 5.41 Å². The van der Waals surface area contributed by atoms with Crippen molar-refractivity contribution < 1.29 is 0 Å². The largest absolute Gasteiger partial charge is 0.0985 e. The van der Waals surface area contributed by atoms with Crippen molar-refractivity contribution in [3.8, 4) is 33.4 Å². The highest BCUT2D eigenvalue weighted by Gasteiger charge is 2.30. The van der Waals surface area contributed by atoms with Gasteiger partial charge in [-0.15, -0.1) is 0 Å². The Morgan fingerprint density at radius 1 is 0.653 bits per heavy atom. The Bertz CT molecular complexity index is 2280. The first-order valence-electron chi connectivity index (χ1n) is 17.6. The molecule has 0 N–H and O–H groups in total. The highest BCUT2D eigenvalue weighted by atomic mass is 14.3. The molecule has 49 heavy (non-hydrogen) atoms. The molecule has 1 aliphatic rings. The van der Waals surface area contributed by atoms with Gasteiger partial charge < -0.3 is 0 Å². The Kier molecular flexibility index (Phi) is 8.37. The summed E-state index contributed by atoms with van der Waals surface area (Å²) in [5, 5.41) is 4.86. The zero-order valence-electron chi connectivity index (χ0n) is 29.8. The van der Waals surface area contributed by atoms with E-state index in [1.165, 1.54) is 82.8 Å². The number of allylic oxidation sites excluding steroid dienone is 6. The minimum absolute atomic E-state index is 0.0687. The van der Waals surface area contributed by atoms with E-state index in [4.69, 9.17) is 0 Å². The predicted octanol–water partition coefficient (Wildman–Crippen LogP) is 14.1. The second-order valence-electron chi connectivity index (χ2n) is 14.8. The second kappa shape index (κ2) is 12.7. The van der Waals surface area contributed by atoms with E-state index in [0.717, 1.165) is 17.6 Å². The average molecular weight is 635 g/mol. The van der Waals surface area contributed by atoms with Crippen molar-refractivity contribution in [3.05, 3.63) is 168 Å².